The molecule has 2 rings (SSSR count). The Balaban J connectivity index is 2.15. The van der Waals surface area contributed by atoms with Crippen molar-refractivity contribution in [1.82, 2.24) is 4.90 Å². The second-order valence-corrected chi connectivity index (χ2v) is 4.56. The lowest BCUT2D eigenvalue weighted by atomic mass is 9.99. The third kappa shape index (κ3) is 2.65. The summed E-state index contributed by atoms with van der Waals surface area (Å²) in [5.74, 6) is -0.260. The van der Waals surface area contributed by atoms with Crippen molar-refractivity contribution in [2.45, 2.75) is 38.6 Å². The summed E-state index contributed by atoms with van der Waals surface area (Å²) in [5.41, 5.74) is 0.590. The number of hydrogen-bond acceptors (Lipinski definition) is 1. The van der Waals surface area contributed by atoms with Crippen molar-refractivity contribution in [3.63, 3.8) is 0 Å². The summed E-state index contributed by atoms with van der Waals surface area (Å²) >= 11 is 0. The Morgan fingerprint density at radius 2 is 2.06 bits per heavy atom. The molecule has 1 heterocycles. The molecule has 1 aliphatic heterocycles. The van der Waals surface area contributed by atoms with Crippen LogP contribution in [0.15, 0.2) is 24.3 Å². The highest BCUT2D eigenvalue weighted by molar-refractivity contribution is 5.94. The number of carbonyl (C=O) groups excluding carboxylic acids is 1. The van der Waals surface area contributed by atoms with E-state index in [1.807, 2.05) is 4.90 Å². The maximum atomic E-state index is 12.8. The fourth-order valence-electron chi connectivity index (χ4n) is 2.45. The van der Waals surface area contributed by atoms with E-state index in [0.29, 0.717) is 11.6 Å². The van der Waals surface area contributed by atoms with Crippen LogP contribution in [0.25, 0.3) is 0 Å². The lowest BCUT2D eigenvalue weighted by molar-refractivity contribution is 0.0608. The summed E-state index contributed by atoms with van der Waals surface area (Å²) in [7, 11) is 0. The SMILES string of the molecule is CC[C@H]1CCCCN1C(=O)c1ccc(F)cc1. The monoisotopic (exact) mass is 235 g/mol. The third-order valence-electron chi connectivity index (χ3n) is 3.45. The Morgan fingerprint density at radius 1 is 1.35 bits per heavy atom. The van der Waals surface area contributed by atoms with Crippen molar-refractivity contribution in [2.75, 3.05) is 6.54 Å². The zero-order valence-corrected chi connectivity index (χ0v) is 10.2. The molecular formula is C14H18FNO. The molecule has 92 valence electrons. The van der Waals surface area contributed by atoms with Crippen molar-refractivity contribution in [3.05, 3.63) is 35.6 Å². The van der Waals surface area contributed by atoms with Gasteiger partial charge in [0.25, 0.3) is 5.91 Å². The van der Waals surface area contributed by atoms with E-state index in [-0.39, 0.29) is 11.7 Å². The number of nitrogens with zero attached hydrogens (tertiary/aromatic N) is 1. The number of likely N-dealkylation sites (tertiary alicyclic amines) is 1. The lowest BCUT2D eigenvalue weighted by Crippen LogP contribution is -2.43. The lowest BCUT2D eigenvalue weighted by Gasteiger charge is -2.35. The Bertz CT molecular complexity index is 388. The van der Waals surface area contributed by atoms with E-state index in [0.717, 1.165) is 25.8 Å². The van der Waals surface area contributed by atoms with E-state index >= 15 is 0 Å². The van der Waals surface area contributed by atoms with Gasteiger partial charge in [0.1, 0.15) is 5.82 Å². The van der Waals surface area contributed by atoms with Gasteiger partial charge in [-0.1, -0.05) is 6.92 Å². The van der Waals surface area contributed by atoms with Crippen LogP contribution in [0.3, 0.4) is 0 Å². The van der Waals surface area contributed by atoms with Crippen LogP contribution in [0.5, 0.6) is 0 Å². The molecule has 1 fully saturated rings. The number of carbonyl (C=O) groups is 1. The molecule has 17 heavy (non-hydrogen) atoms. The summed E-state index contributed by atoms with van der Waals surface area (Å²) < 4.78 is 12.8. The van der Waals surface area contributed by atoms with E-state index in [1.54, 1.807) is 12.1 Å². The van der Waals surface area contributed by atoms with Gasteiger partial charge >= 0.3 is 0 Å². The maximum absolute atomic E-state index is 12.8. The van der Waals surface area contributed by atoms with Crippen LogP contribution in [0, 0.1) is 5.82 Å². The summed E-state index contributed by atoms with van der Waals surface area (Å²) in [6.07, 6.45) is 4.35. The number of benzene rings is 1. The van der Waals surface area contributed by atoms with Gasteiger partial charge in [0.15, 0.2) is 0 Å². The van der Waals surface area contributed by atoms with Gasteiger partial charge in [-0.3, -0.25) is 4.79 Å². The molecule has 1 aromatic carbocycles. The molecule has 2 nitrogen and oxygen atoms in total. The van der Waals surface area contributed by atoms with Gasteiger partial charge in [-0.15, -0.1) is 0 Å². The number of piperidine rings is 1. The minimum Gasteiger partial charge on any atom is -0.336 e. The fraction of sp³-hybridized carbons (Fsp3) is 0.500. The fourth-order valence-corrected chi connectivity index (χ4v) is 2.45. The topological polar surface area (TPSA) is 20.3 Å². The van der Waals surface area contributed by atoms with Gasteiger partial charge in [0, 0.05) is 18.2 Å². The van der Waals surface area contributed by atoms with Crippen LogP contribution in [0.2, 0.25) is 0 Å². The second kappa shape index (κ2) is 5.30. The number of hydrogen-bond donors (Lipinski definition) is 0. The van der Waals surface area contributed by atoms with Gasteiger partial charge in [0.05, 0.1) is 0 Å². The van der Waals surface area contributed by atoms with Gasteiger partial charge in [-0.25, -0.2) is 4.39 Å². The van der Waals surface area contributed by atoms with Crippen molar-refractivity contribution < 1.29 is 9.18 Å². The molecule has 0 bridgehead atoms. The molecule has 0 aliphatic carbocycles. The van der Waals surface area contributed by atoms with Crippen LogP contribution in [-0.2, 0) is 0 Å². The molecular weight excluding hydrogens is 217 g/mol. The number of amides is 1. The average molecular weight is 235 g/mol. The first-order valence-corrected chi connectivity index (χ1v) is 6.29. The van der Waals surface area contributed by atoms with Gasteiger partial charge in [-0.05, 0) is 49.9 Å². The van der Waals surface area contributed by atoms with Crippen LogP contribution in [0.4, 0.5) is 4.39 Å². The number of halogens is 1. The summed E-state index contributed by atoms with van der Waals surface area (Å²) in [5, 5.41) is 0. The van der Waals surface area contributed by atoms with Crippen molar-refractivity contribution in [2.24, 2.45) is 0 Å². The van der Waals surface area contributed by atoms with Crippen LogP contribution < -0.4 is 0 Å². The van der Waals surface area contributed by atoms with Gasteiger partial charge in [0.2, 0.25) is 0 Å². The minimum atomic E-state index is -0.299. The zero-order chi connectivity index (χ0) is 12.3. The normalized spacial score (nSPS) is 20.4. The first-order chi connectivity index (χ1) is 8.22. The van der Waals surface area contributed by atoms with E-state index in [9.17, 15) is 9.18 Å². The predicted octanol–water partition coefficient (Wildman–Crippen LogP) is 3.23. The molecule has 1 aromatic rings. The molecule has 1 amide bonds. The molecule has 0 saturated carbocycles. The highest BCUT2D eigenvalue weighted by atomic mass is 19.1. The van der Waals surface area contributed by atoms with Gasteiger partial charge in [-0.2, -0.15) is 0 Å². The van der Waals surface area contributed by atoms with Crippen LogP contribution in [0.1, 0.15) is 43.0 Å². The second-order valence-electron chi connectivity index (χ2n) is 4.56. The van der Waals surface area contributed by atoms with E-state index in [1.165, 1.54) is 18.6 Å². The maximum Gasteiger partial charge on any atom is 0.254 e. The Kier molecular flexibility index (Phi) is 3.77. The van der Waals surface area contributed by atoms with E-state index in [4.69, 9.17) is 0 Å². The van der Waals surface area contributed by atoms with Gasteiger partial charge < -0.3 is 4.90 Å². The number of rotatable bonds is 2. The molecule has 0 unspecified atom stereocenters. The highest BCUT2D eigenvalue weighted by Gasteiger charge is 2.25. The van der Waals surface area contributed by atoms with E-state index in [2.05, 4.69) is 6.92 Å². The van der Waals surface area contributed by atoms with E-state index < -0.39 is 0 Å². The summed E-state index contributed by atoms with van der Waals surface area (Å²) in [6, 6.07) is 6.18. The van der Waals surface area contributed by atoms with Crippen molar-refractivity contribution in [3.8, 4) is 0 Å². The van der Waals surface area contributed by atoms with Crippen LogP contribution in [-0.4, -0.2) is 23.4 Å². The van der Waals surface area contributed by atoms with Crippen LogP contribution >= 0.6 is 0 Å². The molecule has 1 aliphatic rings. The Labute approximate surface area is 101 Å². The zero-order valence-electron chi connectivity index (χ0n) is 10.2. The molecule has 1 atom stereocenters. The highest BCUT2D eigenvalue weighted by Crippen LogP contribution is 2.21. The first-order valence-electron chi connectivity index (χ1n) is 6.29. The van der Waals surface area contributed by atoms with Crippen molar-refractivity contribution >= 4 is 5.91 Å². The Hall–Kier alpha value is -1.38. The standard InChI is InChI=1S/C14H18FNO/c1-2-13-5-3-4-10-16(13)14(17)11-6-8-12(15)9-7-11/h6-9,13H,2-5,10H2,1H3/t13-/m0/s1. The molecule has 0 spiro atoms. The van der Waals surface area contributed by atoms with Crippen molar-refractivity contribution in [1.29, 1.82) is 0 Å². The smallest absolute Gasteiger partial charge is 0.254 e. The minimum absolute atomic E-state index is 0.0385. The average Bonchev–Trinajstić information content (AvgIpc) is 2.39. The first kappa shape index (κ1) is 12.1. The molecule has 0 N–H and O–H groups in total. The predicted molar refractivity (Wildman–Crippen MR) is 65.4 cm³/mol. The summed E-state index contributed by atoms with van der Waals surface area (Å²) in [6.45, 7) is 2.94. The molecule has 0 radical (unpaired) electrons. The third-order valence-corrected chi connectivity index (χ3v) is 3.45. The molecule has 0 aromatic heterocycles. The Morgan fingerprint density at radius 3 is 2.71 bits per heavy atom. The largest absolute Gasteiger partial charge is 0.336 e. The molecule has 3 heteroatoms. The molecule has 1 saturated heterocycles. The summed E-state index contributed by atoms with van der Waals surface area (Å²) in [4.78, 5) is 14.2. The quantitative estimate of drug-likeness (QED) is 0.770.